The Morgan fingerprint density at radius 3 is 2.57 bits per heavy atom. The molecule has 2 amide bonds. The van der Waals surface area contributed by atoms with Crippen molar-refractivity contribution in [1.29, 1.82) is 0 Å². The van der Waals surface area contributed by atoms with Crippen molar-refractivity contribution in [3.8, 4) is 5.75 Å². The van der Waals surface area contributed by atoms with Gasteiger partial charge in [-0.15, -0.1) is 10.2 Å². The Balaban J connectivity index is 1.33. The maximum absolute atomic E-state index is 12.4. The minimum atomic E-state index is -0.211. The van der Waals surface area contributed by atoms with Gasteiger partial charge >= 0.3 is 0 Å². The van der Waals surface area contributed by atoms with Gasteiger partial charge in [0.1, 0.15) is 17.5 Å². The topological polar surface area (TPSA) is 87.7 Å². The van der Waals surface area contributed by atoms with Crippen LogP contribution < -0.4 is 10.1 Å². The summed E-state index contributed by atoms with van der Waals surface area (Å²) in [5.74, 6) is 0.547. The molecule has 1 saturated heterocycles. The molecule has 1 aromatic heterocycles. The molecule has 30 heavy (non-hydrogen) atoms. The molecule has 0 unspecified atom stereocenters. The lowest BCUT2D eigenvalue weighted by Gasteiger charge is -2.34. The second-order valence-corrected chi connectivity index (χ2v) is 8.52. The first kappa shape index (κ1) is 22.5. The van der Waals surface area contributed by atoms with Crippen molar-refractivity contribution in [2.24, 2.45) is 0 Å². The van der Waals surface area contributed by atoms with Gasteiger partial charge in [-0.05, 0) is 30.7 Å². The molecular formula is C20H26ClN5O3S. The predicted octanol–water partition coefficient (Wildman–Crippen LogP) is 3.04. The molecule has 3 rings (SSSR count). The van der Waals surface area contributed by atoms with E-state index >= 15 is 0 Å². The molecule has 0 bridgehead atoms. The van der Waals surface area contributed by atoms with Crippen LogP contribution in [0.4, 0.5) is 5.13 Å². The van der Waals surface area contributed by atoms with E-state index in [1.807, 2.05) is 12.1 Å². The van der Waals surface area contributed by atoms with Gasteiger partial charge in [-0.3, -0.25) is 14.5 Å². The third kappa shape index (κ3) is 6.93. The molecule has 162 valence electrons. The summed E-state index contributed by atoms with van der Waals surface area (Å²) in [7, 11) is 0. The Bertz CT molecular complexity index is 837. The molecule has 0 spiro atoms. The summed E-state index contributed by atoms with van der Waals surface area (Å²) < 4.78 is 5.75. The summed E-state index contributed by atoms with van der Waals surface area (Å²) in [5, 5.41) is 12.8. The molecule has 1 N–H and O–H groups in total. The summed E-state index contributed by atoms with van der Waals surface area (Å²) in [6, 6.07) is 7.25. The highest BCUT2D eigenvalue weighted by Crippen LogP contribution is 2.18. The molecule has 0 saturated carbocycles. The number of piperazine rings is 1. The van der Waals surface area contributed by atoms with Gasteiger partial charge in [-0.2, -0.15) is 0 Å². The summed E-state index contributed by atoms with van der Waals surface area (Å²) in [5.41, 5.74) is 0. The van der Waals surface area contributed by atoms with Crippen LogP contribution in [-0.2, 0) is 16.0 Å². The van der Waals surface area contributed by atoms with Gasteiger partial charge in [0.15, 0.2) is 0 Å². The number of carbonyl (C=O) groups excluding carboxylic acids is 2. The fourth-order valence-electron chi connectivity index (χ4n) is 3.00. The lowest BCUT2D eigenvalue weighted by molar-refractivity contribution is -0.134. The standard InChI is InChI=1S/C20H26ClN5O3S/c1-2-3-18-23-24-20(30-18)22-17(27)8-9-19(28)26-12-10-25(11-13-26)14-29-16-6-4-15(21)5-7-16/h4-7H,2-3,8-14H2,1H3,(H,22,24,27). The number of anilines is 1. The van der Waals surface area contributed by atoms with E-state index in [2.05, 4.69) is 27.3 Å². The first-order valence-corrected chi connectivity index (χ1v) is 11.2. The zero-order chi connectivity index (χ0) is 21.3. The van der Waals surface area contributed by atoms with E-state index in [9.17, 15) is 9.59 Å². The molecule has 0 aliphatic carbocycles. The number of amides is 2. The minimum Gasteiger partial charge on any atom is -0.478 e. The second kappa shape index (κ2) is 11.2. The largest absolute Gasteiger partial charge is 0.478 e. The zero-order valence-electron chi connectivity index (χ0n) is 17.0. The smallest absolute Gasteiger partial charge is 0.226 e. The average molecular weight is 452 g/mol. The highest BCUT2D eigenvalue weighted by atomic mass is 35.5. The Morgan fingerprint density at radius 2 is 1.87 bits per heavy atom. The van der Waals surface area contributed by atoms with Crippen LogP contribution in [0.2, 0.25) is 5.02 Å². The van der Waals surface area contributed by atoms with Crippen molar-refractivity contribution < 1.29 is 14.3 Å². The van der Waals surface area contributed by atoms with E-state index in [4.69, 9.17) is 16.3 Å². The van der Waals surface area contributed by atoms with Crippen molar-refractivity contribution in [2.75, 3.05) is 38.2 Å². The third-order valence-electron chi connectivity index (χ3n) is 4.70. The Hall–Kier alpha value is -2.23. The molecule has 8 nitrogen and oxygen atoms in total. The Morgan fingerprint density at radius 1 is 1.13 bits per heavy atom. The van der Waals surface area contributed by atoms with Gasteiger partial charge in [0.2, 0.25) is 16.9 Å². The summed E-state index contributed by atoms with van der Waals surface area (Å²) in [6.45, 7) is 5.25. The Labute approximate surface area is 185 Å². The fraction of sp³-hybridized carbons (Fsp3) is 0.500. The molecule has 10 heteroatoms. The number of hydrogen-bond donors (Lipinski definition) is 1. The van der Waals surface area contributed by atoms with Crippen molar-refractivity contribution in [2.45, 2.75) is 32.6 Å². The molecule has 2 heterocycles. The van der Waals surface area contributed by atoms with Crippen molar-refractivity contribution in [3.05, 3.63) is 34.3 Å². The summed E-state index contributed by atoms with van der Waals surface area (Å²) in [4.78, 5) is 28.5. The van der Waals surface area contributed by atoms with E-state index in [1.165, 1.54) is 11.3 Å². The maximum Gasteiger partial charge on any atom is 0.226 e. The van der Waals surface area contributed by atoms with Gasteiger partial charge in [0.05, 0.1) is 0 Å². The molecule has 1 aromatic carbocycles. The van der Waals surface area contributed by atoms with Crippen LogP contribution in [-0.4, -0.2) is 64.7 Å². The highest BCUT2D eigenvalue weighted by Gasteiger charge is 2.22. The molecular weight excluding hydrogens is 426 g/mol. The van der Waals surface area contributed by atoms with Crippen molar-refractivity contribution in [3.63, 3.8) is 0 Å². The van der Waals surface area contributed by atoms with Crippen LogP contribution in [0.1, 0.15) is 31.2 Å². The number of rotatable bonds is 9. The van der Waals surface area contributed by atoms with Crippen molar-refractivity contribution >= 4 is 39.9 Å². The van der Waals surface area contributed by atoms with Crippen LogP contribution in [0.5, 0.6) is 5.75 Å². The predicted molar refractivity (Wildman–Crippen MR) is 117 cm³/mol. The molecule has 0 radical (unpaired) electrons. The monoisotopic (exact) mass is 451 g/mol. The summed E-state index contributed by atoms with van der Waals surface area (Å²) >= 11 is 7.25. The van der Waals surface area contributed by atoms with E-state index in [0.717, 1.165) is 36.7 Å². The highest BCUT2D eigenvalue weighted by molar-refractivity contribution is 7.15. The van der Waals surface area contributed by atoms with Crippen LogP contribution in [0, 0.1) is 0 Å². The van der Waals surface area contributed by atoms with Gasteiger partial charge in [0, 0.05) is 50.5 Å². The number of aryl methyl sites for hydroxylation is 1. The number of nitrogens with one attached hydrogen (secondary N) is 1. The number of benzene rings is 1. The van der Waals surface area contributed by atoms with Crippen LogP contribution in [0.15, 0.2) is 24.3 Å². The molecule has 2 aromatic rings. The van der Waals surface area contributed by atoms with Gasteiger partial charge in [-0.25, -0.2) is 0 Å². The van der Waals surface area contributed by atoms with E-state index in [1.54, 1.807) is 17.0 Å². The average Bonchev–Trinajstić information content (AvgIpc) is 3.19. The van der Waals surface area contributed by atoms with Crippen LogP contribution in [0.25, 0.3) is 0 Å². The molecule has 1 aliphatic rings. The SMILES string of the molecule is CCCc1nnc(NC(=O)CCC(=O)N2CCN(COc3ccc(Cl)cc3)CC2)s1. The Kier molecular flexibility index (Phi) is 8.41. The van der Waals surface area contributed by atoms with E-state index in [-0.39, 0.29) is 24.7 Å². The zero-order valence-corrected chi connectivity index (χ0v) is 18.5. The minimum absolute atomic E-state index is 0.00708. The van der Waals surface area contributed by atoms with Gasteiger partial charge in [0.25, 0.3) is 0 Å². The van der Waals surface area contributed by atoms with E-state index in [0.29, 0.717) is 30.0 Å². The van der Waals surface area contributed by atoms with E-state index < -0.39 is 0 Å². The normalized spacial score (nSPS) is 14.5. The third-order valence-corrected chi connectivity index (χ3v) is 5.85. The maximum atomic E-state index is 12.4. The number of halogens is 1. The first-order chi connectivity index (χ1) is 14.5. The van der Waals surface area contributed by atoms with Gasteiger partial charge < -0.3 is 15.0 Å². The molecule has 1 fully saturated rings. The van der Waals surface area contributed by atoms with Crippen molar-refractivity contribution in [1.82, 2.24) is 20.0 Å². The first-order valence-electron chi connectivity index (χ1n) is 10.0. The number of carbonyl (C=O) groups is 2. The number of hydrogen-bond acceptors (Lipinski definition) is 7. The van der Waals surface area contributed by atoms with Crippen LogP contribution in [0.3, 0.4) is 0 Å². The number of ether oxygens (including phenoxy) is 1. The van der Waals surface area contributed by atoms with Crippen LogP contribution >= 0.6 is 22.9 Å². The summed E-state index contributed by atoms with van der Waals surface area (Å²) in [6.07, 6.45) is 2.16. The van der Waals surface area contributed by atoms with Gasteiger partial charge in [-0.1, -0.05) is 29.9 Å². The number of nitrogens with zero attached hydrogens (tertiary/aromatic N) is 4. The number of aromatic nitrogens is 2. The molecule has 0 atom stereocenters. The molecule has 1 aliphatic heterocycles. The quantitative estimate of drug-likeness (QED) is 0.630. The lowest BCUT2D eigenvalue weighted by Crippen LogP contribution is -2.49. The lowest BCUT2D eigenvalue weighted by atomic mass is 10.2. The second-order valence-electron chi connectivity index (χ2n) is 7.03. The fourth-order valence-corrected chi connectivity index (χ4v) is 3.99.